The van der Waals surface area contributed by atoms with Gasteiger partial charge in [0.2, 0.25) is 0 Å². The minimum atomic E-state index is -0.127. The highest BCUT2D eigenvalue weighted by Gasteiger charge is 2.18. The van der Waals surface area contributed by atoms with Crippen molar-refractivity contribution in [3.05, 3.63) is 116 Å². The standard InChI is InChI=1S/C29H37N3O.C4H6.2C2H6/c1-5-24(4)30-29(33)27(23(2)3)22-32(21-20-31-18-12-7-13-19-31)28-17-11-10-16-26(28)25-14-8-6-9-15-25;1-3-4-2;2*1-2/h5-6,8-11,14-17,22H,2,7,12-13,18-21H2,1,3-4H3,(H,30,33);3-4H,1-2H2;2*1-2H3/b24-5+,27-22+;;;. The lowest BCUT2D eigenvalue weighted by Crippen LogP contribution is -2.37. The summed E-state index contributed by atoms with van der Waals surface area (Å²) in [7, 11) is 0. The van der Waals surface area contributed by atoms with Gasteiger partial charge in [-0.2, -0.15) is 0 Å². The van der Waals surface area contributed by atoms with Gasteiger partial charge in [0.05, 0.1) is 5.57 Å². The molecule has 41 heavy (non-hydrogen) atoms. The molecule has 1 aliphatic rings. The highest BCUT2D eigenvalue weighted by atomic mass is 16.1. The topological polar surface area (TPSA) is 35.6 Å². The first kappa shape index (κ1) is 37.4. The predicted octanol–water partition coefficient (Wildman–Crippen LogP) is 9.56. The van der Waals surface area contributed by atoms with E-state index < -0.39 is 0 Å². The molecule has 0 aliphatic carbocycles. The lowest BCUT2D eigenvalue weighted by atomic mass is 10.0. The van der Waals surface area contributed by atoms with Crippen LogP contribution in [-0.2, 0) is 4.79 Å². The number of hydrogen-bond donors (Lipinski definition) is 1. The third-order valence-electron chi connectivity index (χ3n) is 6.30. The Balaban J connectivity index is 0.00000180. The summed E-state index contributed by atoms with van der Waals surface area (Å²) in [6, 6.07) is 18.8. The molecule has 0 atom stereocenters. The molecule has 224 valence electrons. The maximum atomic E-state index is 13.1. The first-order valence-corrected chi connectivity index (χ1v) is 15.1. The number of benzene rings is 2. The number of amides is 1. The summed E-state index contributed by atoms with van der Waals surface area (Å²) < 4.78 is 0. The van der Waals surface area contributed by atoms with Crippen molar-refractivity contribution in [3.8, 4) is 11.1 Å². The number of carbonyl (C=O) groups excluding carboxylic acids is 1. The molecule has 4 nitrogen and oxygen atoms in total. The van der Waals surface area contributed by atoms with Crippen LogP contribution in [0.2, 0.25) is 0 Å². The minimum absolute atomic E-state index is 0.127. The second kappa shape index (κ2) is 23.1. The van der Waals surface area contributed by atoms with Gasteiger partial charge in [0.15, 0.2) is 0 Å². The van der Waals surface area contributed by atoms with E-state index in [1.54, 1.807) is 12.2 Å². The Morgan fingerprint density at radius 1 is 0.902 bits per heavy atom. The van der Waals surface area contributed by atoms with E-state index >= 15 is 0 Å². The third-order valence-corrected chi connectivity index (χ3v) is 6.30. The fraction of sp³-hybridized carbons (Fsp3) is 0.378. The highest BCUT2D eigenvalue weighted by molar-refractivity contribution is 5.99. The normalized spacial score (nSPS) is 13.0. The maximum absolute atomic E-state index is 13.1. The number of anilines is 1. The number of piperidine rings is 1. The van der Waals surface area contributed by atoms with Gasteiger partial charge in [-0.05, 0) is 63.9 Å². The molecule has 0 bridgehead atoms. The second-order valence-electron chi connectivity index (χ2n) is 9.20. The summed E-state index contributed by atoms with van der Waals surface area (Å²) in [6.07, 6.45) is 11.0. The molecular formula is C37H55N3O. The van der Waals surface area contributed by atoms with Gasteiger partial charge in [-0.3, -0.25) is 4.79 Å². The van der Waals surface area contributed by atoms with Crippen LogP contribution in [-0.4, -0.2) is 37.0 Å². The zero-order valence-electron chi connectivity index (χ0n) is 26.9. The van der Waals surface area contributed by atoms with Crippen LogP contribution < -0.4 is 10.2 Å². The molecule has 0 aromatic heterocycles. The Hall–Kier alpha value is -3.63. The smallest absolute Gasteiger partial charge is 0.257 e. The van der Waals surface area contributed by atoms with Gasteiger partial charge in [0.1, 0.15) is 0 Å². The van der Waals surface area contributed by atoms with Crippen molar-refractivity contribution in [1.29, 1.82) is 0 Å². The first-order chi connectivity index (χ1) is 19.9. The van der Waals surface area contributed by atoms with Crippen LogP contribution in [0.1, 0.15) is 67.7 Å². The third kappa shape index (κ3) is 14.0. The van der Waals surface area contributed by atoms with E-state index in [4.69, 9.17) is 0 Å². The van der Waals surface area contributed by atoms with Gasteiger partial charge in [0, 0.05) is 36.2 Å². The van der Waals surface area contributed by atoms with Crippen LogP contribution in [0.3, 0.4) is 0 Å². The van der Waals surface area contributed by atoms with Crippen LogP contribution in [0.15, 0.2) is 116 Å². The highest BCUT2D eigenvalue weighted by Crippen LogP contribution is 2.31. The van der Waals surface area contributed by atoms with E-state index in [2.05, 4.69) is 83.4 Å². The molecule has 0 unspecified atom stereocenters. The van der Waals surface area contributed by atoms with E-state index in [-0.39, 0.29) is 5.91 Å². The molecule has 0 radical (unpaired) electrons. The van der Waals surface area contributed by atoms with Crippen molar-refractivity contribution in [2.45, 2.75) is 67.7 Å². The molecule has 1 N–H and O–H groups in total. The van der Waals surface area contributed by atoms with Crippen LogP contribution in [0.25, 0.3) is 11.1 Å². The quantitative estimate of drug-likeness (QED) is 0.233. The molecule has 4 heteroatoms. The molecule has 1 aliphatic heterocycles. The van der Waals surface area contributed by atoms with E-state index in [0.717, 1.165) is 54.3 Å². The van der Waals surface area contributed by atoms with Crippen LogP contribution >= 0.6 is 0 Å². The maximum Gasteiger partial charge on any atom is 0.257 e. The summed E-state index contributed by atoms with van der Waals surface area (Å²) in [5, 5.41) is 2.98. The molecule has 1 amide bonds. The average Bonchev–Trinajstić information content (AvgIpc) is 3.03. The summed E-state index contributed by atoms with van der Waals surface area (Å²) >= 11 is 0. The van der Waals surface area contributed by atoms with Crippen LogP contribution in [0.4, 0.5) is 5.69 Å². The minimum Gasteiger partial charge on any atom is -0.345 e. The summed E-state index contributed by atoms with van der Waals surface area (Å²) in [4.78, 5) is 17.8. The van der Waals surface area contributed by atoms with Crippen molar-refractivity contribution in [1.82, 2.24) is 10.2 Å². The second-order valence-corrected chi connectivity index (χ2v) is 9.20. The Labute approximate surface area is 251 Å². The van der Waals surface area contributed by atoms with Gasteiger partial charge in [-0.1, -0.05) is 121 Å². The number of likely N-dealkylation sites (tertiary alicyclic amines) is 1. The van der Waals surface area contributed by atoms with Crippen molar-refractivity contribution >= 4 is 11.6 Å². The summed E-state index contributed by atoms with van der Waals surface area (Å²) in [5.41, 5.74) is 5.58. The predicted molar refractivity (Wildman–Crippen MR) is 183 cm³/mol. The van der Waals surface area contributed by atoms with Gasteiger partial charge in [0.25, 0.3) is 5.91 Å². The number of hydrogen-bond acceptors (Lipinski definition) is 3. The van der Waals surface area contributed by atoms with Gasteiger partial charge < -0.3 is 15.1 Å². The number of carbonyl (C=O) groups is 1. The average molecular weight is 558 g/mol. The lowest BCUT2D eigenvalue weighted by Gasteiger charge is -2.31. The molecule has 0 spiro atoms. The first-order valence-electron chi connectivity index (χ1n) is 15.1. The van der Waals surface area contributed by atoms with Crippen LogP contribution in [0.5, 0.6) is 0 Å². The Bertz CT molecular complexity index is 1090. The number of nitrogens with one attached hydrogen (secondary N) is 1. The molecular weight excluding hydrogens is 502 g/mol. The zero-order valence-corrected chi connectivity index (χ0v) is 26.9. The molecule has 1 heterocycles. The molecule has 2 aromatic rings. The molecule has 1 saturated heterocycles. The molecule has 2 aromatic carbocycles. The number of para-hydroxylation sites is 1. The number of allylic oxidation sites excluding steroid dienone is 4. The van der Waals surface area contributed by atoms with Crippen molar-refractivity contribution in [2.75, 3.05) is 31.1 Å². The van der Waals surface area contributed by atoms with Gasteiger partial charge >= 0.3 is 0 Å². The van der Waals surface area contributed by atoms with Gasteiger partial charge in [-0.25, -0.2) is 0 Å². The van der Waals surface area contributed by atoms with Gasteiger partial charge in [-0.15, -0.1) is 0 Å². The van der Waals surface area contributed by atoms with Crippen molar-refractivity contribution < 1.29 is 4.79 Å². The fourth-order valence-electron chi connectivity index (χ4n) is 4.11. The fourth-order valence-corrected chi connectivity index (χ4v) is 4.11. The number of rotatable bonds is 10. The SMILES string of the molecule is C=C(C)/C(=C\N(CCN1CCCCC1)c1ccccc1-c1ccccc1)C(=O)N/C(C)=C/C.C=CC=C.CC.CC. The summed E-state index contributed by atoms with van der Waals surface area (Å²) in [5.74, 6) is -0.127. The van der Waals surface area contributed by atoms with E-state index in [9.17, 15) is 4.79 Å². The molecule has 1 fully saturated rings. The summed E-state index contributed by atoms with van der Waals surface area (Å²) in [6.45, 7) is 28.6. The molecule has 0 saturated carbocycles. The van der Waals surface area contributed by atoms with E-state index in [1.807, 2.05) is 66.8 Å². The monoisotopic (exact) mass is 557 g/mol. The number of nitrogens with zero attached hydrogens (tertiary/aromatic N) is 2. The van der Waals surface area contributed by atoms with Crippen LogP contribution in [0, 0.1) is 0 Å². The van der Waals surface area contributed by atoms with Crippen molar-refractivity contribution in [2.24, 2.45) is 0 Å². The zero-order chi connectivity index (χ0) is 31.0. The van der Waals surface area contributed by atoms with E-state index in [1.165, 1.54) is 19.3 Å². The Morgan fingerprint density at radius 2 is 1.46 bits per heavy atom. The molecule has 3 rings (SSSR count). The van der Waals surface area contributed by atoms with E-state index in [0.29, 0.717) is 5.57 Å². The Morgan fingerprint density at radius 3 is 2.00 bits per heavy atom. The largest absolute Gasteiger partial charge is 0.345 e. The van der Waals surface area contributed by atoms with Crippen molar-refractivity contribution in [3.63, 3.8) is 0 Å². The Kier molecular flexibility index (Phi) is 21.1. The lowest BCUT2D eigenvalue weighted by molar-refractivity contribution is -0.116.